The Balaban J connectivity index is 1.57. The van der Waals surface area contributed by atoms with Crippen molar-refractivity contribution in [2.45, 2.75) is 39.0 Å². The highest BCUT2D eigenvalue weighted by Crippen LogP contribution is 2.73. The average molecular weight is 246 g/mol. The first-order chi connectivity index (χ1) is 8.60. The van der Waals surface area contributed by atoms with Gasteiger partial charge in [0, 0.05) is 6.42 Å². The van der Waals surface area contributed by atoms with E-state index >= 15 is 0 Å². The molecular formula is C16H22O2. The monoisotopic (exact) mass is 246 g/mol. The Morgan fingerprint density at radius 3 is 2.94 bits per heavy atom. The Bertz CT molecular complexity index is 427. The smallest absolute Gasteiger partial charge is 0.303 e. The maximum absolute atomic E-state index is 10.8. The van der Waals surface area contributed by atoms with E-state index in [9.17, 15) is 4.79 Å². The summed E-state index contributed by atoms with van der Waals surface area (Å²) in [6, 6.07) is 0. The van der Waals surface area contributed by atoms with Crippen LogP contribution in [0.4, 0.5) is 0 Å². The van der Waals surface area contributed by atoms with Crippen molar-refractivity contribution in [3.8, 4) is 0 Å². The molecule has 3 saturated carbocycles. The number of carboxylic acids is 1. The predicted molar refractivity (Wildman–Crippen MR) is 68.9 cm³/mol. The SMILES string of the molecule is CC12C3C=CC(C3)C1C1CC2CC1CCC(=O)O. The van der Waals surface area contributed by atoms with Gasteiger partial charge in [0.15, 0.2) is 0 Å². The minimum absolute atomic E-state index is 0.376. The van der Waals surface area contributed by atoms with E-state index in [4.69, 9.17) is 5.11 Å². The molecule has 1 N–H and O–H groups in total. The van der Waals surface area contributed by atoms with Crippen LogP contribution < -0.4 is 0 Å². The molecule has 4 aliphatic carbocycles. The third-order valence-corrected chi connectivity index (χ3v) is 6.91. The molecular weight excluding hydrogens is 224 g/mol. The van der Waals surface area contributed by atoms with Crippen LogP contribution in [0.25, 0.3) is 0 Å². The molecule has 98 valence electrons. The molecule has 0 aromatic rings. The van der Waals surface area contributed by atoms with Gasteiger partial charge < -0.3 is 5.11 Å². The van der Waals surface area contributed by atoms with Gasteiger partial charge in [-0.3, -0.25) is 4.79 Å². The minimum Gasteiger partial charge on any atom is -0.481 e. The van der Waals surface area contributed by atoms with Crippen molar-refractivity contribution in [2.75, 3.05) is 0 Å². The maximum atomic E-state index is 10.8. The highest BCUT2D eigenvalue weighted by atomic mass is 16.4. The molecule has 7 atom stereocenters. The van der Waals surface area contributed by atoms with Crippen molar-refractivity contribution < 1.29 is 9.90 Å². The Morgan fingerprint density at radius 1 is 1.33 bits per heavy atom. The molecule has 0 aliphatic heterocycles. The fraction of sp³-hybridized carbons (Fsp3) is 0.812. The molecule has 0 radical (unpaired) electrons. The highest BCUT2D eigenvalue weighted by molar-refractivity contribution is 5.66. The molecule has 4 bridgehead atoms. The first-order valence-electron chi connectivity index (χ1n) is 7.51. The van der Waals surface area contributed by atoms with Crippen LogP contribution in [0.15, 0.2) is 12.2 Å². The van der Waals surface area contributed by atoms with E-state index in [0.717, 1.165) is 36.0 Å². The van der Waals surface area contributed by atoms with Gasteiger partial charge in [-0.2, -0.15) is 0 Å². The molecule has 0 heterocycles. The molecule has 0 saturated heterocycles. The normalized spacial score (nSPS) is 55.2. The van der Waals surface area contributed by atoms with Gasteiger partial charge in [-0.05, 0) is 66.6 Å². The van der Waals surface area contributed by atoms with E-state index in [2.05, 4.69) is 19.1 Å². The number of aliphatic carboxylic acids is 1. The van der Waals surface area contributed by atoms with Crippen molar-refractivity contribution in [3.05, 3.63) is 12.2 Å². The Labute approximate surface area is 108 Å². The molecule has 2 nitrogen and oxygen atoms in total. The minimum atomic E-state index is -0.617. The van der Waals surface area contributed by atoms with Gasteiger partial charge in [0.1, 0.15) is 0 Å². The number of carbonyl (C=O) groups is 1. The standard InChI is InChI=1S/C16H22O2/c1-16-11-4-2-10(7-11)15(16)13-8-12(16)6-9(13)3-5-14(17)18/h2,4,9-13,15H,3,5-8H2,1H3,(H,17,18). The number of fused-ring (bicyclic) bond motifs is 9. The predicted octanol–water partition coefficient (Wildman–Crippen LogP) is 3.34. The second-order valence-corrected chi connectivity index (χ2v) is 7.31. The van der Waals surface area contributed by atoms with Gasteiger partial charge in [0.25, 0.3) is 0 Å². The van der Waals surface area contributed by atoms with Crippen molar-refractivity contribution >= 4 is 5.97 Å². The van der Waals surface area contributed by atoms with Crippen LogP contribution in [0.3, 0.4) is 0 Å². The van der Waals surface area contributed by atoms with Crippen molar-refractivity contribution in [2.24, 2.45) is 40.9 Å². The van der Waals surface area contributed by atoms with E-state index in [0.29, 0.717) is 17.8 Å². The quantitative estimate of drug-likeness (QED) is 0.612. The summed E-state index contributed by atoms with van der Waals surface area (Å²) < 4.78 is 0. The van der Waals surface area contributed by atoms with Crippen LogP contribution in [0.2, 0.25) is 0 Å². The summed E-state index contributed by atoms with van der Waals surface area (Å²) in [5.74, 6) is 4.34. The van der Waals surface area contributed by atoms with E-state index in [1.807, 2.05) is 0 Å². The van der Waals surface area contributed by atoms with Gasteiger partial charge in [-0.1, -0.05) is 19.1 Å². The van der Waals surface area contributed by atoms with Crippen LogP contribution in [0, 0.1) is 40.9 Å². The Morgan fingerprint density at radius 2 is 2.17 bits per heavy atom. The number of rotatable bonds is 3. The largest absolute Gasteiger partial charge is 0.481 e. The number of allylic oxidation sites excluding steroid dienone is 2. The first-order valence-corrected chi connectivity index (χ1v) is 7.51. The third kappa shape index (κ3) is 1.17. The molecule has 4 rings (SSSR count). The summed E-state index contributed by atoms with van der Waals surface area (Å²) in [4.78, 5) is 10.8. The van der Waals surface area contributed by atoms with Gasteiger partial charge in [0.05, 0.1) is 0 Å². The molecule has 4 aliphatic rings. The Kier molecular flexibility index (Phi) is 2.09. The van der Waals surface area contributed by atoms with Crippen LogP contribution >= 0.6 is 0 Å². The van der Waals surface area contributed by atoms with Crippen molar-refractivity contribution in [1.29, 1.82) is 0 Å². The lowest BCUT2D eigenvalue weighted by Gasteiger charge is -2.45. The number of hydrogen-bond donors (Lipinski definition) is 1. The Hall–Kier alpha value is -0.790. The molecule has 2 heteroatoms. The lowest BCUT2D eigenvalue weighted by Crippen LogP contribution is -2.40. The molecule has 0 amide bonds. The molecule has 18 heavy (non-hydrogen) atoms. The number of hydrogen-bond acceptors (Lipinski definition) is 1. The fourth-order valence-corrected chi connectivity index (χ4v) is 6.26. The van der Waals surface area contributed by atoms with E-state index < -0.39 is 5.97 Å². The number of carboxylic acid groups (broad SMARTS) is 1. The second-order valence-electron chi connectivity index (χ2n) is 7.31. The molecule has 0 aromatic carbocycles. The lowest BCUT2D eigenvalue weighted by atomic mass is 9.59. The van der Waals surface area contributed by atoms with Gasteiger partial charge >= 0.3 is 5.97 Å². The highest BCUT2D eigenvalue weighted by Gasteiger charge is 2.67. The summed E-state index contributed by atoms with van der Waals surface area (Å²) >= 11 is 0. The zero-order valence-electron chi connectivity index (χ0n) is 11.0. The molecule has 0 aromatic heterocycles. The fourth-order valence-electron chi connectivity index (χ4n) is 6.26. The summed E-state index contributed by atoms with van der Waals surface area (Å²) in [5.41, 5.74) is 0.573. The van der Waals surface area contributed by atoms with E-state index in [1.54, 1.807) is 0 Å². The van der Waals surface area contributed by atoms with Crippen LogP contribution in [0.5, 0.6) is 0 Å². The van der Waals surface area contributed by atoms with Crippen molar-refractivity contribution in [3.63, 3.8) is 0 Å². The second kappa shape index (κ2) is 3.40. The third-order valence-electron chi connectivity index (χ3n) is 6.91. The summed E-state index contributed by atoms with van der Waals surface area (Å²) in [6.07, 6.45) is 10.3. The maximum Gasteiger partial charge on any atom is 0.303 e. The van der Waals surface area contributed by atoms with E-state index in [1.165, 1.54) is 19.3 Å². The zero-order valence-corrected chi connectivity index (χ0v) is 11.0. The van der Waals surface area contributed by atoms with Crippen LogP contribution in [-0.4, -0.2) is 11.1 Å². The topological polar surface area (TPSA) is 37.3 Å². The average Bonchev–Trinajstić information content (AvgIpc) is 3.02. The lowest BCUT2D eigenvalue weighted by molar-refractivity contribution is -0.137. The summed E-state index contributed by atoms with van der Waals surface area (Å²) in [5, 5.41) is 8.88. The molecule has 0 spiro atoms. The van der Waals surface area contributed by atoms with Crippen molar-refractivity contribution in [1.82, 2.24) is 0 Å². The molecule has 3 fully saturated rings. The van der Waals surface area contributed by atoms with Crippen LogP contribution in [-0.2, 0) is 4.79 Å². The van der Waals surface area contributed by atoms with Gasteiger partial charge in [-0.15, -0.1) is 0 Å². The zero-order chi connectivity index (χ0) is 12.5. The first kappa shape index (κ1) is 11.1. The molecule has 7 unspecified atom stereocenters. The summed E-state index contributed by atoms with van der Waals surface area (Å²) in [7, 11) is 0. The van der Waals surface area contributed by atoms with Crippen LogP contribution in [0.1, 0.15) is 39.0 Å². The van der Waals surface area contributed by atoms with Gasteiger partial charge in [0.2, 0.25) is 0 Å². The van der Waals surface area contributed by atoms with E-state index in [-0.39, 0.29) is 0 Å². The summed E-state index contributed by atoms with van der Waals surface area (Å²) in [6.45, 7) is 2.53. The van der Waals surface area contributed by atoms with Gasteiger partial charge in [-0.25, -0.2) is 0 Å².